The molecule has 0 aliphatic carbocycles. The van der Waals surface area contributed by atoms with Gasteiger partial charge in [-0.25, -0.2) is 17.9 Å². The summed E-state index contributed by atoms with van der Waals surface area (Å²) in [6, 6.07) is 3.10. The molecule has 0 bridgehead atoms. The Kier molecular flexibility index (Phi) is 4.43. The number of nitro benzene ring substituents is 1. The molecule has 0 saturated carbocycles. The summed E-state index contributed by atoms with van der Waals surface area (Å²) in [7, 11) is -3.60. The SMILES string of the molecule is NS(=O)(=O)CCSc1ccc(F)cc1[N+](=O)[O-]. The number of benzene rings is 1. The summed E-state index contributed by atoms with van der Waals surface area (Å²) in [6.45, 7) is 0. The molecule has 0 aliphatic heterocycles. The molecule has 1 aromatic rings. The zero-order chi connectivity index (χ0) is 13.1. The van der Waals surface area contributed by atoms with E-state index in [2.05, 4.69) is 0 Å². The lowest BCUT2D eigenvalue weighted by Gasteiger charge is -2.02. The number of nitrogens with two attached hydrogens (primary N) is 1. The van der Waals surface area contributed by atoms with Crippen LogP contribution in [-0.2, 0) is 10.0 Å². The maximum atomic E-state index is 12.8. The summed E-state index contributed by atoms with van der Waals surface area (Å²) in [5.74, 6) is -0.940. The Balaban J connectivity index is 2.81. The van der Waals surface area contributed by atoms with Gasteiger partial charge in [0.15, 0.2) is 0 Å². The lowest BCUT2D eigenvalue weighted by atomic mass is 10.3. The van der Waals surface area contributed by atoms with Crippen molar-refractivity contribution in [2.75, 3.05) is 11.5 Å². The minimum absolute atomic E-state index is 0.0747. The van der Waals surface area contributed by atoms with Crippen LogP contribution in [0.25, 0.3) is 0 Å². The van der Waals surface area contributed by atoms with Crippen molar-refractivity contribution in [1.82, 2.24) is 0 Å². The summed E-state index contributed by atoms with van der Waals surface area (Å²) in [5, 5.41) is 15.4. The maximum absolute atomic E-state index is 12.8. The molecule has 0 aromatic heterocycles. The average Bonchev–Trinajstić information content (AvgIpc) is 2.18. The molecule has 0 saturated heterocycles. The van der Waals surface area contributed by atoms with Gasteiger partial charge in [-0.05, 0) is 12.1 Å². The van der Waals surface area contributed by atoms with Crippen molar-refractivity contribution in [1.29, 1.82) is 0 Å². The Labute approximate surface area is 101 Å². The summed E-state index contributed by atoms with van der Waals surface area (Å²) in [4.78, 5) is 10.1. The lowest BCUT2D eigenvalue weighted by Crippen LogP contribution is -2.17. The fourth-order valence-electron chi connectivity index (χ4n) is 1.02. The van der Waals surface area contributed by atoms with Gasteiger partial charge in [0.05, 0.1) is 21.6 Å². The van der Waals surface area contributed by atoms with E-state index in [1.165, 1.54) is 6.07 Å². The van der Waals surface area contributed by atoms with E-state index >= 15 is 0 Å². The van der Waals surface area contributed by atoms with Crippen LogP contribution in [0.5, 0.6) is 0 Å². The highest BCUT2D eigenvalue weighted by atomic mass is 32.2. The van der Waals surface area contributed by atoms with Crippen molar-refractivity contribution in [2.45, 2.75) is 4.90 Å². The molecule has 9 heteroatoms. The van der Waals surface area contributed by atoms with Gasteiger partial charge in [0.2, 0.25) is 10.0 Å². The van der Waals surface area contributed by atoms with Crippen molar-refractivity contribution < 1.29 is 17.7 Å². The van der Waals surface area contributed by atoms with E-state index in [0.717, 1.165) is 23.9 Å². The predicted octanol–water partition coefficient (Wildman–Crippen LogP) is 1.11. The van der Waals surface area contributed by atoms with Gasteiger partial charge in [-0.15, -0.1) is 11.8 Å². The van der Waals surface area contributed by atoms with Gasteiger partial charge in [0.1, 0.15) is 5.82 Å². The smallest absolute Gasteiger partial charge is 0.258 e. The molecule has 0 heterocycles. The highest BCUT2D eigenvalue weighted by Crippen LogP contribution is 2.29. The third-order valence-electron chi connectivity index (χ3n) is 1.74. The second-order valence-corrected chi connectivity index (χ2v) is 5.96. The number of halogens is 1. The molecule has 2 N–H and O–H groups in total. The van der Waals surface area contributed by atoms with E-state index in [4.69, 9.17) is 5.14 Å². The highest BCUT2D eigenvalue weighted by molar-refractivity contribution is 8.00. The summed E-state index contributed by atoms with van der Waals surface area (Å²) in [5.41, 5.74) is -0.385. The number of nitro groups is 1. The Morgan fingerprint density at radius 1 is 1.47 bits per heavy atom. The minimum atomic E-state index is -3.60. The zero-order valence-electron chi connectivity index (χ0n) is 8.50. The maximum Gasteiger partial charge on any atom is 0.285 e. The Morgan fingerprint density at radius 2 is 2.12 bits per heavy atom. The fourth-order valence-corrected chi connectivity index (χ4v) is 2.95. The molecule has 0 fully saturated rings. The van der Waals surface area contributed by atoms with Crippen molar-refractivity contribution in [3.63, 3.8) is 0 Å². The first kappa shape index (κ1) is 13.9. The van der Waals surface area contributed by atoms with Gasteiger partial charge in [0.25, 0.3) is 5.69 Å². The van der Waals surface area contributed by atoms with Gasteiger partial charge >= 0.3 is 0 Å². The van der Waals surface area contributed by atoms with Crippen molar-refractivity contribution in [3.05, 3.63) is 34.1 Å². The van der Waals surface area contributed by atoms with Crippen molar-refractivity contribution in [3.8, 4) is 0 Å². The fraction of sp³-hybridized carbons (Fsp3) is 0.250. The summed E-state index contributed by atoms with van der Waals surface area (Å²) >= 11 is 0.943. The summed E-state index contributed by atoms with van der Waals surface area (Å²) < 4.78 is 34.1. The topological polar surface area (TPSA) is 103 Å². The number of thioether (sulfide) groups is 1. The van der Waals surface area contributed by atoms with Crippen LogP contribution >= 0.6 is 11.8 Å². The third kappa shape index (κ3) is 4.67. The number of rotatable bonds is 5. The van der Waals surface area contributed by atoms with E-state index in [-0.39, 0.29) is 22.1 Å². The predicted molar refractivity (Wildman–Crippen MR) is 61.8 cm³/mol. The molecule has 6 nitrogen and oxygen atoms in total. The molecule has 1 aromatic carbocycles. The first-order valence-electron chi connectivity index (χ1n) is 4.37. The van der Waals surface area contributed by atoms with Crippen LogP contribution in [0.15, 0.2) is 23.1 Å². The molecular formula is C8H9FN2O4S2. The molecule has 0 atom stereocenters. The first-order chi connectivity index (χ1) is 7.79. The Hall–Kier alpha value is -1.19. The van der Waals surface area contributed by atoms with Crippen molar-refractivity contribution in [2.24, 2.45) is 5.14 Å². The van der Waals surface area contributed by atoms with Crippen LogP contribution in [0.1, 0.15) is 0 Å². The number of primary sulfonamides is 1. The molecule has 1 rings (SSSR count). The molecule has 0 aliphatic rings. The van der Waals surface area contributed by atoms with E-state index in [0.29, 0.717) is 0 Å². The molecule has 94 valence electrons. The van der Waals surface area contributed by atoms with Gasteiger partial charge in [-0.2, -0.15) is 0 Å². The van der Waals surface area contributed by atoms with E-state index in [1.807, 2.05) is 0 Å². The molecule has 0 amide bonds. The molecule has 17 heavy (non-hydrogen) atoms. The normalized spacial score (nSPS) is 11.4. The molecule has 0 unspecified atom stereocenters. The number of hydrogen-bond donors (Lipinski definition) is 1. The zero-order valence-corrected chi connectivity index (χ0v) is 10.1. The third-order valence-corrected chi connectivity index (χ3v) is 3.84. The number of hydrogen-bond acceptors (Lipinski definition) is 5. The average molecular weight is 280 g/mol. The van der Waals surface area contributed by atoms with Crippen LogP contribution in [0.3, 0.4) is 0 Å². The number of sulfonamides is 1. The van der Waals surface area contributed by atoms with Gasteiger partial charge in [-0.1, -0.05) is 0 Å². The monoisotopic (exact) mass is 280 g/mol. The molecular weight excluding hydrogens is 271 g/mol. The molecule has 0 spiro atoms. The summed E-state index contributed by atoms with van der Waals surface area (Å²) in [6.07, 6.45) is 0. The standard InChI is InChI=1S/C8H9FN2O4S2/c9-6-1-2-8(7(5-6)11(12)13)16-3-4-17(10,14)15/h1-2,5H,3-4H2,(H2,10,14,15). The lowest BCUT2D eigenvalue weighted by molar-refractivity contribution is -0.387. The van der Waals surface area contributed by atoms with E-state index in [1.54, 1.807) is 0 Å². The quantitative estimate of drug-likeness (QED) is 0.494. The highest BCUT2D eigenvalue weighted by Gasteiger charge is 2.15. The minimum Gasteiger partial charge on any atom is -0.258 e. The van der Waals surface area contributed by atoms with Crippen LogP contribution in [0, 0.1) is 15.9 Å². The van der Waals surface area contributed by atoms with Crippen molar-refractivity contribution >= 4 is 27.5 Å². The Morgan fingerprint density at radius 3 is 2.65 bits per heavy atom. The van der Waals surface area contributed by atoms with Gasteiger partial charge in [0, 0.05) is 5.75 Å². The van der Waals surface area contributed by atoms with Crippen LogP contribution < -0.4 is 5.14 Å². The van der Waals surface area contributed by atoms with Gasteiger partial charge in [-0.3, -0.25) is 10.1 Å². The largest absolute Gasteiger partial charge is 0.285 e. The van der Waals surface area contributed by atoms with Crippen LogP contribution in [-0.4, -0.2) is 24.8 Å². The first-order valence-corrected chi connectivity index (χ1v) is 7.07. The second-order valence-electron chi connectivity index (χ2n) is 3.08. The number of nitrogens with zero attached hydrogens (tertiary/aromatic N) is 1. The van der Waals surface area contributed by atoms with Crippen LogP contribution in [0.2, 0.25) is 0 Å². The second kappa shape index (κ2) is 5.43. The van der Waals surface area contributed by atoms with E-state index in [9.17, 15) is 22.9 Å². The van der Waals surface area contributed by atoms with Gasteiger partial charge < -0.3 is 0 Å². The van der Waals surface area contributed by atoms with Crippen LogP contribution in [0.4, 0.5) is 10.1 Å². The van der Waals surface area contributed by atoms with E-state index < -0.39 is 20.8 Å². The molecule has 0 radical (unpaired) electrons. The Bertz CT molecular complexity index is 532.